The van der Waals surface area contributed by atoms with Gasteiger partial charge >= 0.3 is 0 Å². The summed E-state index contributed by atoms with van der Waals surface area (Å²) < 4.78 is 0. The molecule has 0 fully saturated rings. The van der Waals surface area contributed by atoms with Crippen LogP contribution in [-0.2, 0) is 6.42 Å². The van der Waals surface area contributed by atoms with Gasteiger partial charge in [0.15, 0.2) is 0 Å². The number of likely N-dealkylation sites (N-methyl/N-ethyl adjacent to an activating group) is 1. The summed E-state index contributed by atoms with van der Waals surface area (Å²) in [5.41, 5.74) is 1.17. The van der Waals surface area contributed by atoms with Crippen molar-refractivity contribution in [3.8, 4) is 5.75 Å². The summed E-state index contributed by atoms with van der Waals surface area (Å²) >= 11 is 0. The van der Waals surface area contributed by atoms with Crippen LogP contribution in [0.3, 0.4) is 0 Å². The molecule has 0 spiro atoms. The van der Waals surface area contributed by atoms with Crippen LogP contribution in [-0.4, -0.2) is 17.7 Å². The molecule has 0 heterocycles. The van der Waals surface area contributed by atoms with Crippen molar-refractivity contribution in [1.29, 1.82) is 0 Å². The molecule has 1 aromatic rings. The Balaban J connectivity index is 2.53. The van der Waals surface area contributed by atoms with Crippen molar-refractivity contribution in [1.82, 2.24) is 5.32 Å². The summed E-state index contributed by atoms with van der Waals surface area (Å²) in [4.78, 5) is 0. The lowest BCUT2D eigenvalue weighted by molar-refractivity contribution is 0.473. The molecule has 0 radical (unpaired) electrons. The standard InChI is InChI=1S/C11H17NO/c1-3-12-9(2)7-10-5-4-6-11(13)8-10/h4-6,8-9,12-13H,3,7H2,1-2H3. The molecular weight excluding hydrogens is 162 g/mol. The topological polar surface area (TPSA) is 32.3 Å². The predicted octanol–water partition coefficient (Wildman–Crippen LogP) is 1.93. The molecule has 2 heteroatoms. The zero-order valence-electron chi connectivity index (χ0n) is 8.25. The molecule has 0 bridgehead atoms. The van der Waals surface area contributed by atoms with E-state index in [1.54, 1.807) is 6.07 Å². The van der Waals surface area contributed by atoms with Gasteiger partial charge in [-0.3, -0.25) is 0 Å². The second-order valence-corrected chi connectivity index (χ2v) is 3.33. The number of aromatic hydroxyl groups is 1. The van der Waals surface area contributed by atoms with E-state index in [9.17, 15) is 5.11 Å². The van der Waals surface area contributed by atoms with Crippen molar-refractivity contribution >= 4 is 0 Å². The Morgan fingerprint density at radius 2 is 2.23 bits per heavy atom. The highest BCUT2D eigenvalue weighted by Gasteiger charge is 2.01. The Morgan fingerprint density at radius 3 is 2.85 bits per heavy atom. The largest absolute Gasteiger partial charge is 0.508 e. The Morgan fingerprint density at radius 1 is 1.46 bits per heavy atom. The van der Waals surface area contributed by atoms with Crippen LogP contribution in [0, 0.1) is 0 Å². The normalized spacial score (nSPS) is 12.8. The fourth-order valence-electron chi connectivity index (χ4n) is 1.46. The number of phenols is 1. The number of rotatable bonds is 4. The van der Waals surface area contributed by atoms with Gasteiger partial charge in [-0.1, -0.05) is 19.1 Å². The highest BCUT2D eigenvalue weighted by Crippen LogP contribution is 2.12. The third kappa shape index (κ3) is 3.47. The van der Waals surface area contributed by atoms with E-state index in [-0.39, 0.29) is 0 Å². The monoisotopic (exact) mass is 179 g/mol. The van der Waals surface area contributed by atoms with Crippen molar-refractivity contribution in [2.45, 2.75) is 26.3 Å². The van der Waals surface area contributed by atoms with E-state index < -0.39 is 0 Å². The minimum atomic E-state index is 0.348. The SMILES string of the molecule is CCNC(C)Cc1cccc(O)c1. The fourth-order valence-corrected chi connectivity index (χ4v) is 1.46. The highest BCUT2D eigenvalue weighted by atomic mass is 16.3. The predicted molar refractivity (Wildman–Crippen MR) is 54.9 cm³/mol. The minimum absolute atomic E-state index is 0.348. The van der Waals surface area contributed by atoms with Crippen LogP contribution >= 0.6 is 0 Å². The number of hydrogen-bond acceptors (Lipinski definition) is 2. The second kappa shape index (κ2) is 4.87. The molecule has 1 unspecified atom stereocenters. The zero-order chi connectivity index (χ0) is 9.68. The van der Waals surface area contributed by atoms with Crippen molar-refractivity contribution in [3.63, 3.8) is 0 Å². The fraction of sp³-hybridized carbons (Fsp3) is 0.455. The molecule has 0 amide bonds. The first kappa shape index (κ1) is 10.1. The van der Waals surface area contributed by atoms with E-state index >= 15 is 0 Å². The summed E-state index contributed by atoms with van der Waals surface area (Å²) in [6.07, 6.45) is 0.961. The van der Waals surface area contributed by atoms with E-state index in [1.165, 1.54) is 5.56 Å². The molecule has 13 heavy (non-hydrogen) atoms. The van der Waals surface area contributed by atoms with Crippen molar-refractivity contribution < 1.29 is 5.11 Å². The Hall–Kier alpha value is -1.02. The lowest BCUT2D eigenvalue weighted by Crippen LogP contribution is -2.27. The van der Waals surface area contributed by atoms with E-state index in [0.717, 1.165) is 13.0 Å². The van der Waals surface area contributed by atoms with Crippen molar-refractivity contribution in [3.05, 3.63) is 29.8 Å². The third-order valence-electron chi connectivity index (χ3n) is 2.01. The van der Waals surface area contributed by atoms with Gasteiger partial charge < -0.3 is 10.4 Å². The quantitative estimate of drug-likeness (QED) is 0.740. The molecule has 0 saturated carbocycles. The summed E-state index contributed by atoms with van der Waals surface area (Å²) in [5, 5.41) is 12.6. The lowest BCUT2D eigenvalue weighted by atomic mass is 10.1. The van der Waals surface area contributed by atoms with E-state index in [0.29, 0.717) is 11.8 Å². The van der Waals surface area contributed by atoms with Crippen LogP contribution < -0.4 is 5.32 Å². The van der Waals surface area contributed by atoms with Gasteiger partial charge in [-0.05, 0) is 37.6 Å². The first-order valence-electron chi connectivity index (χ1n) is 4.73. The molecule has 0 aliphatic carbocycles. The molecule has 72 valence electrons. The molecular formula is C11H17NO. The van der Waals surface area contributed by atoms with Crippen LogP contribution in [0.25, 0.3) is 0 Å². The van der Waals surface area contributed by atoms with Gasteiger partial charge in [-0.25, -0.2) is 0 Å². The summed E-state index contributed by atoms with van der Waals surface area (Å²) in [7, 11) is 0. The first-order chi connectivity index (χ1) is 6.22. The average Bonchev–Trinajstić information content (AvgIpc) is 2.04. The second-order valence-electron chi connectivity index (χ2n) is 3.33. The number of nitrogens with one attached hydrogen (secondary N) is 1. The smallest absolute Gasteiger partial charge is 0.115 e. The van der Waals surface area contributed by atoms with Gasteiger partial charge in [0.1, 0.15) is 5.75 Å². The van der Waals surface area contributed by atoms with Crippen molar-refractivity contribution in [2.75, 3.05) is 6.54 Å². The molecule has 0 saturated heterocycles. The van der Waals surface area contributed by atoms with E-state index in [2.05, 4.69) is 19.2 Å². The van der Waals surface area contributed by atoms with E-state index in [1.807, 2.05) is 18.2 Å². The zero-order valence-corrected chi connectivity index (χ0v) is 8.25. The minimum Gasteiger partial charge on any atom is -0.508 e. The lowest BCUT2D eigenvalue weighted by Gasteiger charge is -2.11. The Bertz CT molecular complexity index is 260. The molecule has 2 N–H and O–H groups in total. The maximum absolute atomic E-state index is 9.24. The van der Waals surface area contributed by atoms with Gasteiger partial charge in [-0.15, -0.1) is 0 Å². The third-order valence-corrected chi connectivity index (χ3v) is 2.01. The van der Waals surface area contributed by atoms with Crippen LogP contribution in [0.5, 0.6) is 5.75 Å². The molecule has 0 aliphatic rings. The molecule has 2 nitrogen and oxygen atoms in total. The van der Waals surface area contributed by atoms with Crippen LogP contribution in [0.1, 0.15) is 19.4 Å². The summed E-state index contributed by atoms with van der Waals surface area (Å²) in [5.74, 6) is 0.348. The van der Waals surface area contributed by atoms with Gasteiger partial charge in [0.05, 0.1) is 0 Å². The molecule has 1 atom stereocenters. The Labute approximate surface area is 79.6 Å². The van der Waals surface area contributed by atoms with Crippen LogP contribution in [0.15, 0.2) is 24.3 Å². The molecule has 1 aromatic carbocycles. The Kier molecular flexibility index (Phi) is 3.77. The average molecular weight is 179 g/mol. The first-order valence-corrected chi connectivity index (χ1v) is 4.73. The van der Waals surface area contributed by atoms with Gasteiger partial charge in [0.2, 0.25) is 0 Å². The number of hydrogen-bond donors (Lipinski definition) is 2. The summed E-state index contributed by atoms with van der Waals surface area (Å²) in [6.45, 7) is 5.23. The molecule has 0 aromatic heterocycles. The van der Waals surface area contributed by atoms with Gasteiger partial charge in [-0.2, -0.15) is 0 Å². The summed E-state index contributed by atoms with van der Waals surface area (Å²) in [6, 6.07) is 7.89. The maximum atomic E-state index is 9.24. The van der Waals surface area contributed by atoms with Gasteiger partial charge in [0, 0.05) is 6.04 Å². The number of benzene rings is 1. The number of phenolic OH excluding ortho intramolecular Hbond substituents is 1. The molecule has 1 rings (SSSR count). The maximum Gasteiger partial charge on any atom is 0.115 e. The highest BCUT2D eigenvalue weighted by molar-refractivity contribution is 5.27. The van der Waals surface area contributed by atoms with Gasteiger partial charge in [0.25, 0.3) is 0 Å². The van der Waals surface area contributed by atoms with Crippen molar-refractivity contribution in [2.24, 2.45) is 0 Å². The van der Waals surface area contributed by atoms with E-state index in [4.69, 9.17) is 0 Å². The van der Waals surface area contributed by atoms with Crippen LogP contribution in [0.2, 0.25) is 0 Å². The molecule has 0 aliphatic heterocycles. The van der Waals surface area contributed by atoms with Crippen LogP contribution in [0.4, 0.5) is 0 Å².